The van der Waals surface area contributed by atoms with Gasteiger partial charge in [-0.1, -0.05) is 26.7 Å². The van der Waals surface area contributed by atoms with Crippen LogP contribution < -0.4 is 16.4 Å². The molecule has 11 nitrogen and oxygen atoms in total. The highest BCUT2D eigenvalue weighted by Gasteiger charge is 2.69. The topological polar surface area (TPSA) is 184 Å². The van der Waals surface area contributed by atoms with Gasteiger partial charge in [0.2, 0.25) is 5.91 Å². The quantitative estimate of drug-likeness (QED) is 0.193. The molecule has 0 bridgehead atoms. The third kappa shape index (κ3) is 4.39. The molecule has 0 spiro atoms. The number of nitrogens with two attached hydrogens (primary N) is 2. The molecule has 0 heterocycles. The largest absolute Gasteiger partial charge is 0.505 e. The van der Waals surface area contributed by atoms with Gasteiger partial charge in [-0.2, -0.15) is 0 Å². The van der Waals surface area contributed by atoms with Crippen LogP contribution in [0.1, 0.15) is 61.9 Å². The second-order valence-corrected chi connectivity index (χ2v) is 11.7. The highest BCUT2D eigenvalue weighted by atomic mass is 16.3. The smallest absolute Gasteiger partial charge is 0.235 e. The number of phenolic OH excluding ortho intramolecular Hbond substituents is 1. The maximum atomic E-state index is 14.0. The van der Waals surface area contributed by atoms with Crippen LogP contribution in [-0.4, -0.2) is 83.0 Å². The molecule has 0 radical (unpaired) electrons. The number of hydrogen-bond acceptors (Lipinski definition) is 10. The van der Waals surface area contributed by atoms with E-state index >= 15 is 0 Å². The molecule has 2 fully saturated rings. The number of carbonyl (C=O) groups excluding carboxylic acids is 5. The van der Waals surface area contributed by atoms with Crippen molar-refractivity contribution in [1.29, 1.82) is 0 Å². The number of nitrogens with zero attached hydrogens (tertiary/aromatic N) is 2. The van der Waals surface area contributed by atoms with Crippen LogP contribution in [-0.2, 0) is 25.6 Å². The predicted octanol–water partition coefficient (Wildman–Crippen LogP) is 0.856. The van der Waals surface area contributed by atoms with Gasteiger partial charge >= 0.3 is 0 Å². The lowest BCUT2D eigenvalue weighted by Crippen LogP contribution is -2.74. The molecule has 1 amide bonds. The summed E-state index contributed by atoms with van der Waals surface area (Å²) in [7, 11) is 3.12. The number of fused-ring (bicyclic) bond motifs is 3. The van der Waals surface area contributed by atoms with Crippen LogP contribution in [0, 0.1) is 23.7 Å². The van der Waals surface area contributed by atoms with Crippen molar-refractivity contribution in [3.63, 3.8) is 0 Å². The van der Waals surface area contributed by atoms with Crippen LogP contribution in [0.25, 0.3) is 0 Å². The second kappa shape index (κ2) is 10.9. The van der Waals surface area contributed by atoms with Crippen molar-refractivity contribution >= 4 is 40.4 Å². The maximum Gasteiger partial charge on any atom is 0.235 e. The summed E-state index contributed by atoms with van der Waals surface area (Å²) in [6, 6.07) is 0.536. The number of anilines is 2. The zero-order chi connectivity index (χ0) is 29.7. The van der Waals surface area contributed by atoms with Crippen molar-refractivity contribution in [3.05, 3.63) is 17.2 Å². The minimum Gasteiger partial charge on any atom is -0.505 e. The summed E-state index contributed by atoms with van der Waals surface area (Å²) >= 11 is 0. The Bertz CT molecular complexity index is 1250. The summed E-state index contributed by atoms with van der Waals surface area (Å²) in [6.07, 6.45) is 3.95. The summed E-state index contributed by atoms with van der Waals surface area (Å²) in [4.78, 5) is 70.4. The van der Waals surface area contributed by atoms with Gasteiger partial charge in [0, 0.05) is 24.7 Å². The van der Waals surface area contributed by atoms with E-state index in [1.807, 2.05) is 0 Å². The Kier molecular flexibility index (Phi) is 8.11. The number of aromatic hydroxyl groups is 1. The molecule has 11 heteroatoms. The molecule has 4 unspecified atom stereocenters. The Morgan fingerprint density at radius 1 is 1.07 bits per heavy atom. The molecule has 0 aliphatic heterocycles. The predicted molar refractivity (Wildman–Crippen MR) is 148 cm³/mol. The molecular formula is C29H40N4O7. The molecule has 6 atom stereocenters. The molecule has 0 aromatic heterocycles. The van der Waals surface area contributed by atoms with E-state index in [9.17, 15) is 34.2 Å². The van der Waals surface area contributed by atoms with Crippen molar-refractivity contribution in [2.24, 2.45) is 29.4 Å². The fourth-order valence-electron chi connectivity index (χ4n) is 7.01. The second-order valence-electron chi connectivity index (χ2n) is 11.7. The number of Topliss-reactive ketones (excluding diaryl/α,β-unsaturated/α-hetero) is 4. The van der Waals surface area contributed by atoms with Gasteiger partial charge in [0.15, 0.2) is 34.7 Å². The Hall–Kier alpha value is -3.31. The van der Waals surface area contributed by atoms with E-state index in [4.69, 9.17) is 11.5 Å². The number of carbonyl (C=O) groups is 5. The van der Waals surface area contributed by atoms with Crippen molar-refractivity contribution in [2.45, 2.75) is 64.0 Å². The van der Waals surface area contributed by atoms with E-state index in [1.54, 1.807) is 20.2 Å². The summed E-state index contributed by atoms with van der Waals surface area (Å²) in [5.74, 6) is -10.7. The summed E-state index contributed by atoms with van der Waals surface area (Å²) < 4.78 is 0. The lowest BCUT2D eigenvalue weighted by atomic mass is 9.52. The number of aliphatic hydroxyl groups is 1. The molecule has 6 N–H and O–H groups in total. The van der Waals surface area contributed by atoms with E-state index < -0.39 is 70.1 Å². The third-order valence-corrected chi connectivity index (χ3v) is 8.97. The molecule has 218 valence electrons. The molecule has 1 aromatic carbocycles. The van der Waals surface area contributed by atoms with Crippen LogP contribution in [0.15, 0.2) is 6.07 Å². The van der Waals surface area contributed by atoms with Crippen LogP contribution >= 0.6 is 0 Å². The third-order valence-electron chi connectivity index (χ3n) is 8.97. The normalized spacial score (nSPS) is 29.7. The Morgan fingerprint density at radius 2 is 1.68 bits per heavy atom. The lowest BCUT2D eigenvalue weighted by molar-refractivity contribution is -0.181. The highest BCUT2D eigenvalue weighted by molar-refractivity contribution is 6.32. The average molecular weight is 557 g/mol. The minimum absolute atomic E-state index is 0.000743. The first-order chi connectivity index (χ1) is 18.8. The minimum atomic E-state index is -2.75. The highest BCUT2D eigenvalue weighted by Crippen LogP contribution is 2.52. The number of ketones is 4. The van der Waals surface area contributed by atoms with Crippen molar-refractivity contribution in [1.82, 2.24) is 4.90 Å². The van der Waals surface area contributed by atoms with Crippen LogP contribution in [0.3, 0.4) is 0 Å². The van der Waals surface area contributed by atoms with E-state index in [0.29, 0.717) is 5.56 Å². The Balaban J connectivity index is 1.86. The maximum absolute atomic E-state index is 14.0. The van der Waals surface area contributed by atoms with Crippen LogP contribution in [0.4, 0.5) is 11.4 Å². The summed E-state index contributed by atoms with van der Waals surface area (Å²) in [6.45, 7) is 5.60. The molecule has 0 saturated heterocycles. The van der Waals surface area contributed by atoms with E-state index in [0.717, 1.165) is 44.5 Å². The van der Waals surface area contributed by atoms with Gasteiger partial charge in [-0.05, 0) is 57.3 Å². The van der Waals surface area contributed by atoms with E-state index in [2.05, 4.69) is 18.7 Å². The van der Waals surface area contributed by atoms with Crippen molar-refractivity contribution < 1.29 is 34.2 Å². The van der Waals surface area contributed by atoms with Crippen LogP contribution in [0.5, 0.6) is 5.75 Å². The Labute approximate surface area is 233 Å². The van der Waals surface area contributed by atoms with Gasteiger partial charge in [-0.15, -0.1) is 0 Å². The average Bonchev–Trinajstić information content (AvgIpc) is 2.88. The van der Waals surface area contributed by atoms with Gasteiger partial charge in [0.1, 0.15) is 5.75 Å². The first kappa shape index (κ1) is 29.7. The van der Waals surface area contributed by atoms with Crippen molar-refractivity contribution in [2.75, 3.05) is 37.8 Å². The number of primary amides is 1. The number of rotatable bonds is 9. The molecular weight excluding hydrogens is 516 g/mol. The number of nitrogen functional groups attached to an aromatic ring is 1. The number of unbranched alkanes of at least 4 members (excludes halogenated alkanes) is 2. The number of phenols is 1. The molecule has 2 saturated carbocycles. The fourth-order valence-corrected chi connectivity index (χ4v) is 7.01. The zero-order valence-electron chi connectivity index (χ0n) is 23.6. The van der Waals surface area contributed by atoms with Gasteiger partial charge in [0.05, 0.1) is 23.2 Å². The summed E-state index contributed by atoms with van der Waals surface area (Å²) in [5, 5.41) is 22.7. The molecule has 4 rings (SSSR count). The van der Waals surface area contributed by atoms with E-state index in [1.165, 1.54) is 4.90 Å². The fraction of sp³-hybridized carbons (Fsp3) is 0.621. The van der Waals surface area contributed by atoms with Crippen LogP contribution in [0.2, 0.25) is 0 Å². The monoisotopic (exact) mass is 556 g/mol. The Morgan fingerprint density at radius 3 is 2.20 bits per heavy atom. The number of likely N-dealkylation sites (N-methyl/N-ethyl adjacent to an activating group) is 1. The summed E-state index contributed by atoms with van der Waals surface area (Å²) in [5.41, 5.74) is 10.0. The van der Waals surface area contributed by atoms with Crippen molar-refractivity contribution in [3.8, 4) is 5.75 Å². The molecule has 40 heavy (non-hydrogen) atoms. The first-order valence-electron chi connectivity index (χ1n) is 14.1. The standard InChI is InChI=1S/C29H40N4O7/c1-5-7-9-33(10-8-6-2)18-13-17(30)23(34)20-15(18)11-14-12-16-22(32(3)4)25(36)21(28(31)39)27(38)29(16,40)26(37)19(14)24(20)35/h13-14,16,19,21-22,34,40H,5-12,30H2,1-4H3,(H2,31,39)/t14?,16?,19?,21?,22-,29-/m0/s1. The number of amides is 1. The van der Waals surface area contributed by atoms with E-state index in [-0.39, 0.29) is 24.1 Å². The van der Waals surface area contributed by atoms with Gasteiger partial charge in [0.25, 0.3) is 0 Å². The van der Waals surface area contributed by atoms with Gasteiger partial charge in [-0.25, -0.2) is 0 Å². The SMILES string of the molecule is CCCCN(CCCC)c1cc(N)c(O)c2c1CC1CC3[C@H](N(C)C)C(=O)C(C(N)=O)C(=O)[C@@]3(O)C(=O)C1C2=O. The molecule has 3 aliphatic carbocycles. The van der Waals surface area contributed by atoms with Gasteiger partial charge in [-0.3, -0.25) is 28.9 Å². The zero-order valence-corrected chi connectivity index (χ0v) is 23.6. The lowest BCUT2D eigenvalue weighted by Gasteiger charge is -2.52. The molecule has 1 aromatic rings. The molecule has 3 aliphatic rings. The first-order valence-corrected chi connectivity index (χ1v) is 14.1. The number of hydrogen-bond donors (Lipinski definition) is 4. The number of benzene rings is 1. The van der Waals surface area contributed by atoms with Gasteiger partial charge < -0.3 is 26.6 Å².